The number of nitrogens with zero attached hydrogens (tertiary/aromatic N) is 1. The monoisotopic (exact) mass is 151 g/mol. The number of hydrogen-bond acceptors (Lipinski definition) is 2. The van der Waals surface area contributed by atoms with Gasteiger partial charge in [0, 0.05) is 0 Å². The first-order chi connectivity index (χ1) is 5.36. The molecule has 1 aliphatic carbocycles. The second-order valence-corrected chi connectivity index (χ2v) is 2.79. The Morgan fingerprint density at radius 2 is 2.55 bits per heavy atom. The van der Waals surface area contributed by atoms with Crippen LogP contribution < -0.4 is 0 Å². The maximum atomic E-state index is 8.25. The van der Waals surface area contributed by atoms with E-state index >= 15 is 0 Å². The van der Waals surface area contributed by atoms with E-state index in [1.165, 1.54) is 6.21 Å². The van der Waals surface area contributed by atoms with Crippen molar-refractivity contribution in [3.05, 3.63) is 24.3 Å². The molecule has 1 aliphatic rings. The van der Waals surface area contributed by atoms with Crippen LogP contribution in [-0.4, -0.2) is 11.4 Å². The van der Waals surface area contributed by atoms with Crippen LogP contribution in [0.15, 0.2) is 29.5 Å². The summed E-state index contributed by atoms with van der Waals surface area (Å²) < 4.78 is 0. The molecule has 1 N–H and O–H groups in total. The lowest BCUT2D eigenvalue weighted by atomic mass is 9.90. The second-order valence-electron chi connectivity index (χ2n) is 2.79. The van der Waals surface area contributed by atoms with Gasteiger partial charge >= 0.3 is 0 Å². The number of allylic oxidation sites excluding steroid dienone is 3. The van der Waals surface area contributed by atoms with Crippen molar-refractivity contribution >= 4 is 6.21 Å². The van der Waals surface area contributed by atoms with E-state index in [9.17, 15) is 0 Å². The third-order valence-corrected chi connectivity index (χ3v) is 2.04. The van der Waals surface area contributed by atoms with Gasteiger partial charge in [-0.1, -0.05) is 17.3 Å². The summed E-state index contributed by atoms with van der Waals surface area (Å²) in [6, 6.07) is 0. The fourth-order valence-electron chi connectivity index (χ4n) is 1.28. The SMILES string of the molecule is C=CC1CC=C(/C=N/O)CC1. The lowest BCUT2D eigenvalue weighted by Crippen LogP contribution is -2.02. The molecule has 0 aromatic rings. The summed E-state index contributed by atoms with van der Waals surface area (Å²) in [4.78, 5) is 0. The van der Waals surface area contributed by atoms with Gasteiger partial charge in [0.2, 0.25) is 0 Å². The van der Waals surface area contributed by atoms with Crippen molar-refractivity contribution in [1.29, 1.82) is 0 Å². The fraction of sp³-hybridized carbons (Fsp3) is 0.444. The Morgan fingerprint density at radius 1 is 1.73 bits per heavy atom. The van der Waals surface area contributed by atoms with Crippen molar-refractivity contribution in [3.63, 3.8) is 0 Å². The van der Waals surface area contributed by atoms with Crippen LogP contribution in [-0.2, 0) is 0 Å². The molecule has 11 heavy (non-hydrogen) atoms. The Kier molecular flexibility index (Phi) is 2.90. The lowest BCUT2D eigenvalue weighted by molar-refractivity contribution is 0.321. The third-order valence-electron chi connectivity index (χ3n) is 2.04. The zero-order valence-corrected chi connectivity index (χ0v) is 6.53. The summed E-state index contributed by atoms with van der Waals surface area (Å²) >= 11 is 0. The molecule has 0 bridgehead atoms. The minimum absolute atomic E-state index is 0.617. The Balaban J connectivity index is 2.49. The van der Waals surface area contributed by atoms with Crippen LogP contribution in [0.5, 0.6) is 0 Å². The normalized spacial score (nSPS) is 25.1. The van der Waals surface area contributed by atoms with Gasteiger partial charge in [-0.25, -0.2) is 0 Å². The van der Waals surface area contributed by atoms with Gasteiger partial charge < -0.3 is 5.21 Å². The van der Waals surface area contributed by atoms with E-state index < -0.39 is 0 Å². The highest BCUT2D eigenvalue weighted by molar-refractivity contribution is 5.78. The van der Waals surface area contributed by atoms with Crippen LogP contribution in [0.3, 0.4) is 0 Å². The van der Waals surface area contributed by atoms with Gasteiger partial charge in [-0.05, 0) is 30.8 Å². The molecule has 0 aliphatic heterocycles. The molecule has 1 rings (SSSR count). The summed E-state index contributed by atoms with van der Waals surface area (Å²) in [5, 5.41) is 11.2. The van der Waals surface area contributed by atoms with Gasteiger partial charge in [0.25, 0.3) is 0 Å². The summed E-state index contributed by atoms with van der Waals surface area (Å²) in [5.74, 6) is 0.617. The fourth-order valence-corrected chi connectivity index (χ4v) is 1.28. The smallest absolute Gasteiger partial charge is 0.0690 e. The quantitative estimate of drug-likeness (QED) is 0.279. The number of rotatable bonds is 2. The van der Waals surface area contributed by atoms with Gasteiger partial charge in [0.1, 0.15) is 0 Å². The standard InChI is InChI=1S/C9H13NO/c1-2-8-3-5-9(6-4-8)7-10-11/h2,5,7-8,11H,1,3-4,6H2/b10-7+. The summed E-state index contributed by atoms with van der Waals surface area (Å²) in [6.07, 6.45) is 8.77. The van der Waals surface area contributed by atoms with Crippen molar-refractivity contribution in [2.24, 2.45) is 11.1 Å². The first kappa shape index (κ1) is 8.05. The molecular weight excluding hydrogens is 138 g/mol. The molecule has 0 fully saturated rings. The topological polar surface area (TPSA) is 32.6 Å². The Labute approximate surface area is 66.9 Å². The molecular formula is C9H13NO. The van der Waals surface area contributed by atoms with Gasteiger partial charge in [-0.3, -0.25) is 0 Å². The molecule has 0 spiro atoms. The minimum atomic E-state index is 0.617. The molecule has 0 aromatic carbocycles. The van der Waals surface area contributed by atoms with Crippen LogP contribution in [0.25, 0.3) is 0 Å². The van der Waals surface area contributed by atoms with Crippen molar-refractivity contribution in [1.82, 2.24) is 0 Å². The number of oxime groups is 1. The molecule has 0 heterocycles. The van der Waals surface area contributed by atoms with Crippen LogP contribution in [0.4, 0.5) is 0 Å². The van der Waals surface area contributed by atoms with Gasteiger partial charge in [0.15, 0.2) is 0 Å². The summed E-state index contributed by atoms with van der Waals surface area (Å²) in [6.45, 7) is 3.74. The predicted molar refractivity (Wildman–Crippen MR) is 45.9 cm³/mol. The first-order valence-electron chi connectivity index (χ1n) is 3.86. The molecule has 1 unspecified atom stereocenters. The summed E-state index contributed by atoms with van der Waals surface area (Å²) in [5.41, 5.74) is 1.13. The van der Waals surface area contributed by atoms with E-state index in [1.807, 2.05) is 6.08 Å². The maximum absolute atomic E-state index is 8.25. The highest BCUT2D eigenvalue weighted by Gasteiger charge is 2.09. The van der Waals surface area contributed by atoms with E-state index in [2.05, 4.69) is 17.8 Å². The zero-order valence-electron chi connectivity index (χ0n) is 6.53. The lowest BCUT2D eigenvalue weighted by Gasteiger charge is -2.15. The number of hydrogen-bond donors (Lipinski definition) is 1. The molecule has 2 heteroatoms. The van der Waals surface area contributed by atoms with Crippen LogP contribution >= 0.6 is 0 Å². The van der Waals surface area contributed by atoms with Crippen LogP contribution in [0.2, 0.25) is 0 Å². The Bertz CT molecular complexity index is 194. The largest absolute Gasteiger partial charge is 0.411 e. The molecule has 2 nitrogen and oxygen atoms in total. The molecule has 0 saturated heterocycles. The average molecular weight is 151 g/mol. The van der Waals surface area contributed by atoms with Gasteiger partial charge in [-0.2, -0.15) is 0 Å². The molecule has 60 valence electrons. The van der Waals surface area contributed by atoms with E-state index in [0.29, 0.717) is 5.92 Å². The van der Waals surface area contributed by atoms with Crippen molar-refractivity contribution < 1.29 is 5.21 Å². The van der Waals surface area contributed by atoms with E-state index in [1.54, 1.807) is 0 Å². The molecule has 0 amide bonds. The van der Waals surface area contributed by atoms with Gasteiger partial charge in [-0.15, -0.1) is 6.58 Å². The third kappa shape index (κ3) is 2.22. The van der Waals surface area contributed by atoms with Crippen LogP contribution in [0, 0.1) is 5.92 Å². The minimum Gasteiger partial charge on any atom is -0.411 e. The maximum Gasteiger partial charge on any atom is 0.0690 e. The van der Waals surface area contributed by atoms with Crippen molar-refractivity contribution in [2.75, 3.05) is 0 Å². The van der Waals surface area contributed by atoms with Crippen molar-refractivity contribution in [2.45, 2.75) is 19.3 Å². The van der Waals surface area contributed by atoms with E-state index in [-0.39, 0.29) is 0 Å². The van der Waals surface area contributed by atoms with Crippen molar-refractivity contribution in [3.8, 4) is 0 Å². The second kappa shape index (κ2) is 3.96. The highest BCUT2D eigenvalue weighted by Crippen LogP contribution is 2.22. The highest BCUT2D eigenvalue weighted by atomic mass is 16.4. The molecule has 0 aromatic heterocycles. The van der Waals surface area contributed by atoms with Gasteiger partial charge in [0.05, 0.1) is 6.21 Å². The summed E-state index contributed by atoms with van der Waals surface area (Å²) in [7, 11) is 0. The predicted octanol–water partition coefficient (Wildman–Crippen LogP) is 2.36. The molecule has 0 saturated carbocycles. The van der Waals surface area contributed by atoms with E-state index in [0.717, 1.165) is 24.8 Å². The molecule has 0 radical (unpaired) electrons. The molecule has 1 atom stereocenters. The first-order valence-corrected chi connectivity index (χ1v) is 3.86. The Hall–Kier alpha value is -1.05. The zero-order chi connectivity index (χ0) is 8.10. The Morgan fingerprint density at radius 3 is 3.00 bits per heavy atom. The average Bonchev–Trinajstić information content (AvgIpc) is 2.07. The van der Waals surface area contributed by atoms with Crippen LogP contribution in [0.1, 0.15) is 19.3 Å². The van der Waals surface area contributed by atoms with E-state index in [4.69, 9.17) is 5.21 Å².